The fraction of sp³-hybridized carbons (Fsp3) is 0.839. The molecule has 37 heavy (non-hydrogen) atoms. The van der Waals surface area contributed by atoms with Gasteiger partial charge in [-0.2, -0.15) is 0 Å². The van der Waals surface area contributed by atoms with Crippen molar-refractivity contribution in [3.63, 3.8) is 0 Å². The Morgan fingerprint density at radius 1 is 1.16 bits per heavy atom. The summed E-state index contributed by atoms with van der Waals surface area (Å²) in [5.74, 6) is -2.49. The van der Waals surface area contributed by atoms with Crippen LogP contribution in [0, 0.1) is 34.0 Å². The number of carbonyl (C=O) groups excluding carboxylic acids is 1. The summed E-state index contributed by atoms with van der Waals surface area (Å²) in [5, 5.41) is 12.5. The minimum Gasteiger partial charge on any atom is -0.387 e. The Morgan fingerprint density at radius 2 is 1.95 bits per heavy atom. The van der Waals surface area contributed by atoms with E-state index in [1.54, 1.807) is 0 Å². The number of ether oxygens (including phenoxy) is 4. The average Bonchev–Trinajstić information content (AvgIpc) is 2.94. The molecule has 0 radical (unpaired) electrons. The van der Waals surface area contributed by atoms with Gasteiger partial charge in [-0.15, -0.1) is 0 Å². The van der Waals surface area contributed by atoms with Gasteiger partial charge < -0.3 is 24.1 Å². The predicted molar refractivity (Wildman–Crippen MR) is 137 cm³/mol. The van der Waals surface area contributed by atoms with Gasteiger partial charge in [-0.25, -0.2) is 0 Å². The van der Waals surface area contributed by atoms with Gasteiger partial charge in [-0.1, -0.05) is 44.9 Å². The van der Waals surface area contributed by atoms with Crippen molar-refractivity contribution in [1.29, 1.82) is 0 Å². The molecule has 0 amide bonds. The average molecular weight is 513 g/mol. The monoisotopic (exact) mass is 512 g/mol. The smallest absolute Gasteiger partial charge is 0.213 e. The van der Waals surface area contributed by atoms with Crippen molar-refractivity contribution in [2.24, 2.45) is 34.0 Å². The maximum atomic E-state index is 14.4. The van der Waals surface area contributed by atoms with Gasteiger partial charge in [0.2, 0.25) is 5.79 Å². The van der Waals surface area contributed by atoms with E-state index in [0.717, 1.165) is 58.0 Å². The summed E-state index contributed by atoms with van der Waals surface area (Å²) in [5.41, 5.74) is 1.94. The molecule has 6 fully saturated rings. The SMILES string of the molecule is C=C1C(=O)[C@@]23[C@@H]4OC(C)(C)O[C@]25OC[C@]2(C6=C(CC[C@H](OCCCC)C6)CC(C)(C)[C@H]2[C@@H]5O)[C@@H]3CC[C@@H]14. The molecule has 6 nitrogen and oxygen atoms in total. The standard InChI is InChI=1S/C31H44O6/c1-7-8-13-34-19-10-9-18-15-27(3,4)23-25(33)31-30-22(29(23,16-35-31)21(18)14-19)12-11-20(17(2)24(30)32)26(30)36-28(5,6)37-31/h19-20,22-23,25-26,33H,2,7-16H2,1,3-6H3/t19-,20-,22-,23+,25-,26+,29-,30-,31-/m0/s1. The fourth-order valence-electron chi connectivity index (χ4n) is 10.7. The molecule has 1 N–H and O–H groups in total. The number of ketones is 1. The molecule has 0 unspecified atom stereocenters. The molecule has 3 saturated carbocycles. The molecule has 3 saturated heterocycles. The molecule has 204 valence electrons. The van der Waals surface area contributed by atoms with Gasteiger partial charge in [0.1, 0.15) is 11.5 Å². The van der Waals surface area contributed by atoms with E-state index >= 15 is 0 Å². The normalized spacial score (nSPS) is 50.5. The maximum Gasteiger partial charge on any atom is 0.213 e. The third-order valence-electron chi connectivity index (χ3n) is 11.6. The van der Waals surface area contributed by atoms with Gasteiger partial charge >= 0.3 is 0 Å². The highest BCUT2D eigenvalue weighted by Crippen LogP contribution is 2.80. The zero-order valence-electron chi connectivity index (χ0n) is 23.2. The second-order valence-corrected chi connectivity index (χ2v) is 14.3. The molecule has 4 bridgehead atoms. The van der Waals surface area contributed by atoms with Crippen LogP contribution in [-0.4, -0.2) is 54.0 Å². The van der Waals surface area contributed by atoms with Crippen molar-refractivity contribution in [2.75, 3.05) is 13.2 Å². The number of rotatable bonds is 4. The first-order valence-electron chi connectivity index (χ1n) is 14.7. The van der Waals surface area contributed by atoms with E-state index in [9.17, 15) is 9.90 Å². The van der Waals surface area contributed by atoms with Crippen LogP contribution in [0.5, 0.6) is 0 Å². The highest BCUT2D eigenvalue weighted by atomic mass is 16.8. The summed E-state index contributed by atoms with van der Waals surface area (Å²) in [6.45, 7) is 16.2. The fourth-order valence-corrected chi connectivity index (χ4v) is 10.7. The topological polar surface area (TPSA) is 74.2 Å². The van der Waals surface area contributed by atoms with Gasteiger partial charge in [0, 0.05) is 23.9 Å². The van der Waals surface area contributed by atoms with Crippen molar-refractivity contribution >= 4 is 5.78 Å². The second-order valence-electron chi connectivity index (χ2n) is 14.3. The van der Waals surface area contributed by atoms with Crippen molar-refractivity contribution in [3.8, 4) is 0 Å². The van der Waals surface area contributed by atoms with Crippen LogP contribution in [0.1, 0.15) is 86.0 Å². The Balaban J connectivity index is 1.43. The van der Waals surface area contributed by atoms with E-state index in [4.69, 9.17) is 18.9 Å². The lowest BCUT2D eigenvalue weighted by atomic mass is 9.34. The molecule has 8 rings (SSSR count). The van der Waals surface area contributed by atoms with Crippen molar-refractivity contribution in [3.05, 3.63) is 23.3 Å². The highest BCUT2D eigenvalue weighted by molar-refractivity contribution is 6.05. The molecule has 6 heteroatoms. The molecule has 3 heterocycles. The van der Waals surface area contributed by atoms with E-state index in [-0.39, 0.29) is 41.2 Å². The van der Waals surface area contributed by atoms with E-state index in [2.05, 4.69) is 27.4 Å². The first-order valence-corrected chi connectivity index (χ1v) is 14.7. The van der Waals surface area contributed by atoms with Gasteiger partial charge in [-0.3, -0.25) is 4.79 Å². The first-order chi connectivity index (χ1) is 17.5. The third-order valence-corrected chi connectivity index (χ3v) is 11.6. The Labute approximate surface area is 221 Å². The maximum absolute atomic E-state index is 14.4. The van der Waals surface area contributed by atoms with E-state index in [0.29, 0.717) is 12.2 Å². The Morgan fingerprint density at radius 3 is 2.70 bits per heavy atom. The Bertz CT molecular complexity index is 1090. The number of aliphatic hydroxyl groups is 1. The number of fused-ring (bicyclic) bond motifs is 1. The van der Waals surface area contributed by atoms with Crippen molar-refractivity contribution < 1.29 is 28.8 Å². The minimum absolute atomic E-state index is 0.00848. The minimum atomic E-state index is -1.41. The van der Waals surface area contributed by atoms with E-state index < -0.39 is 28.5 Å². The summed E-state index contributed by atoms with van der Waals surface area (Å²) >= 11 is 0. The van der Waals surface area contributed by atoms with Gasteiger partial charge in [0.05, 0.1) is 18.8 Å². The lowest BCUT2D eigenvalue weighted by molar-refractivity contribution is -0.525. The lowest BCUT2D eigenvalue weighted by Crippen LogP contribution is -2.87. The van der Waals surface area contributed by atoms with Crippen LogP contribution in [0.15, 0.2) is 23.3 Å². The van der Waals surface area contributed by atoms with Crippen LogP contribution in [0.4, 0.5) is 0 Å². The number of unbranched alkanes of at least 4 members (excludes halogenated alkanes) is 1. The van der Waals surface area contributed by atoms with Gasteiger partial charge in [0.25, 0.3) is 0 Å². The predicted octanol–water partition coefficient (Wildman–Crippen LogP) is 5.09. The van der Waals surface area contributed by atoms with Gasteiger partial charge in [-0.05, 0) is 75.7 Å². The molecular formula is C31H44O6. The summed E-state index contributed by atoms with van der Waals surface area (Å²) in [6.07, 6.45) is 6.78. The van der Waals surface area contributed by atoms with Crippen LogP contribution < -0.4 is 0 Å². The number of aliphatic hydroxyl groups excluding tert-OH is 1. The summed E-state index contributed by atoms with van der Waals surface area (Å²) in [7, 11) is 0. The summed E-state index contributed by atoms with van der Waals surface area (Å²) in [4.78, 5) is 14.4. The quantitative estimate of drug-likeness (QED) is 0.321. The summed E-state index contributed by atoms with van der Waals surface area (Å²) < 4.78 is 26.6. The summed E-state index contributed by atoms with van der Waals surface area (Å²) in [6, 6.07) is 0. The van der Waals surface area contributed by atoms with Crippen LogP contribution in [0.25, 0.3) is 0 Å². The van der Waals surface area contributed by atoms with Crippen LogP contribution in [0.3, 0.4) is 0 Å². The largest absolute Gasteiger partial charge is 0.387 e. The number of hydrogen-bond donors (Lipinski definition) is 1. The van der Waals surface area contributed by atoms with Crippen LogP contribution >= 0.6 is 0 Å². The second kappa shape index (κ2) is 7.57. The highest BCUT2D eigenvalue weighted by Gasteiger charge is 2.89. The molecule has 3 spiro atoms. The Kier molecular flexibility index (Phi) is 5.11. The molecular weight excluding hydrogens is 468 g/mol. The van der Waals surface area contributed by atoms with Crippen LogP contribution in [-0.2, 0) is 23.7 Å². The number of allylic oxidation sites excluding steroid dienone is 1. The molecule has 5 aliphatic carbocycles. The van der Waals surface area contributed by atoms with Crippen molar-refractivity contribution in [1.82, 2.24) is 0 Å². The van der Waals surface area contributed by atoms with E-state index in [1.807, 2.05) is 13.8 Å². The third kappa shape index (κ3) is 2.73. The zero-order valence-corrected chi connectivity index (χ0v) is 23.2. The molecule has 0 aromatic carbocycles. The van der Waals surface area contributed by atoms with Crippen LogP contribution in [0.2, 0.25) is 0 Å². The molecule has 0 aromatic heterocycles. The zero-order chi connectivity index (χ0) is 26.2. The first kappa shape index (κ1) is 25.0. The molecule has 8 aliphatic rings. The number of carbonyl (C=O) groups is 1. The number of hydrogen-bond acceptors (Lipinski definition) is 6. The number of Topliss-reactive ketones (excluding diaryl/α,β-unsaturated/α-hetero) is 1. The lowest BCUT2D eigenvalue weighted by Gasteiger charge is -2.77. The molecule has 9 atom stereocenters. The Hall–Kier alpha value is -1.05. The molecule has 3 aliphatic heterocycles. The van der Waals surface area contributed by atoms with Gasteiger partial charge in [0.15, 0.2) is 11.6 Å². The van der Waals surface area contributed by atoms with E-state index in [1.165, 1.54) is 11.1 Å². The molecule has 0 aromatic rings. The van der Waals surface area contributed by atoms with Crippen molar-refractivity contribution in [2.45, 2.75) is 116 Å².